The van der Waals surface area contributed by atoms with Gasteiger partial charge in [0.15, 0.2) is 0 Å². The highest BCUT2D eigenvalue weighted by Crippen LogP contribution is 2.25. The van der Waals surface area contributed by atoms with E-state index in [0.29, 0.717) is 12.2 Å². The zero-order chi connectivity index (χ0) is 11.0. The molecule has 0 radical (unpaired) electrons. The summed E-state index contributed by atoms with van der Waals surface area (Å²) in [7, 11) is 0. The predicted molar refractivity (Wildman–Crippen MR) is 58.6 cm³/mol. The smallest absolute Gasteiger partial charge is 0.338 e. The van der Waals surface area contributed by atoms with Gasteiger partial charge in [-0.25, -0.2) is 4.79 Å². The second kappa shape index (κ2) is 3.79. The molecule has 1 saturated heterocycles. The van der Waals surface area contributed by atoms with E-state index in [1.165, 1.54) is 0 Å². The topological polar surface area (TPSA) is 38.8 Å². The monoisotopic (exact) mass is 219 g/mol. The minimum atomic E-state index is -0.205. The molecule has 0 N–H and O–H groups in total. The number of morpholine rings is 1. The van der Waals surface area contributed by atoms with Crippen LogP contribution in [-0.4, -0.2) is 32.3 Å². The molecule has 0 atom stereocenters. The molecule has 1 aromatic carbocycles. The van der Waals surface area contributed by atoms with Gasteiger partial charge in [-0.1, -0.05) is 0 Å². The minimum Gasteiger partial charge on any atom is -0.457 e. The molecule has 2 aliphatic heterocycles. The van der Waals surface area contributed by atoms with Crippen LogP contribution in [0.15, 0.2) is 18.2 Å². The number of rotatable bonds is 1. The lowest BCUT2D eigenvalue weighted by Crippen LogP contribution is -2.36. The summed E-state index contributed by atoms with van der Waals surface area (Å²) in [6.07, 6.45) is 0. The number of ether oxygens (including phenoxy) is 2. The van der Waals surface area contributed by atoms with Crippen LogP contribution in [0.4, 0.5) is 5.69 Å². The Hall–Kier alpha value is -1.55. The SMILES string of the molecule is O=C1OCc2cc(N3CCOCC3)ccc21. The Bertz CT molecular complexity index is 424. The molecule has 0 saturated carbocycles. The van der Waals surface area contributed by atoms with Crippen molar-refractivity contribution in [2.75, 3.05) is 31.2 Å². The van der Waals surface area contributed by atoms with E-state index >= 15 is 0 Å². The van der Waals surface area contributed by atoms with Crippen molar-refractivity contribution in [2.24, 2.45) is 0 Å². The average Bonchev–Trinajstić information content (AvgIpc) is 2.72. The number of hydrogen-bond acceptors (Lipinski definition) is 4. The lowest BCUT2D eigenvalue weighted by molar-refractivity contribution is 0.0535. The van der Waals surface area contributed by atoms with Crippen LogP contribution in [0.5, 0.6) is 0 Å². The Morgan fingerprint density at radius 2 is 2.00 bits per heavy atom. The van der Waals surface area contributed by atoms with E-state index in [2.05, 4.69) is 4.90 Å². The van der Waals surface area contributed by atoms with Crippen molar-refractivity contribution in [3.05, 3.63) is 29.3 Å². The minimum absolute atomic E-state index is 0.205. The zero-order valence-corrected chi connectivity index (χ0v) is 8.94. The van der Waals surface area contributed by atoms with E-state index in [0.717, 1.165) is 37.6 Å². The summed E-state index contributed by atoms with van der Waals surface area (Å²) in [6.45, 7) is 3.77. The van der Waals surface area contributed by atoms with Crippen molar-refractivity contribution >= 4 is 11.7 Å². The van der Waals surface area contributed by atoms with E-state index in [9.17, 15) is 4.79 Å². The fourth-order valence-electron chi connectivity index (χ4n) is 2.14. The highest BCUT2D eigenvalue weighted by molar-refractivity contribution is 5.93. The Balaban J connectivity index is 1.89. The number of fused-ring (bicyclic) bond motifs is 1. The lowest BCUT2D eigenvalue weighted by atomic mass is 10.1. The first-order chi connectivity index (χ1) is 7.84. The van der Waals surface area contributed by atoms with Crippen molar-refractivity contribution in [2.45, 2.75) is 6.61 Å². The largest absolute Gasteiger partial charge is 0.457 e. The second-order valence-corrected chi connectivity index (χ2v) is 4.02. The lowest BCUT2D eigenvalue weighted by Gasteiger charge is -2.29. The van der Waals surface area contributed by atoms with E-state index < -0.39 is 0 Å². The molecule has 3 rings (SSSR count). The third kappa shape index (κ3) is 1.55. The molecule has 0 unspecified atom stereocenters. The summed E-state index contributed by atoms with van der Waals surface area (Å²) in [5.41, 5.74) is 2.85. The van der Waals surface area contributed by atoms with Gasteiger partial charge in [-0.05, 0) is 18.2 Å². The van der Waals surface area contributed by atoms with E-state index in [1.807, 2.05) is 18.2 Å². The first kappa shape index (κ1) is 9.66. The van der Waals surface area contributed by atoms with Crippen molar-refractivity contribution < 1.29 is 14.3 Å². The molecule has 0 bridgehead atoms. The van der Waals surface area contributed by atoms with E-state index in [4.69, 9.17) is 9.47 Å². The number of carbonyl (C=O) groups excluding carboxylic acids is 1. The fourth-order valence-corrected chi connectivity index (χ4v) is 2.14. The summed E-state index contributed by atoms with van der Waals surface area (Å²) >= 11 is 0. The van der Waals surface area contributed by atoms with Gasteiger partial charge in [0.05, 0.1) is 18.8 Å². The molecule has 4 nitrogen and oxygen atoms in total. The summed E-state index contributed by atoms with van der Waals surface area (Å²) in [5.74, 6) is -0.205. The highest BCUT2D eigenvalue weighted by Gasteiger charge is 2.22. The summed E-state index contributed by atoms with van der Waals surface area (Å²) in [5, 5.41) is 0. The molecule has 0 amide bonds. The van der Waals surface area contributed by atoms with E-state index in [1.54, 1.807) is 0 Å². The third-order valence-corrected chi connectivity index (χ3v) is 3.04. The number of cyclic esters (lactones) is 1. The number of hydrogen-bond donors (Lipinski definition) is 0. The van der Waals surface area contributed by atoms with Crippen LogP contribution in [-0.2, 0) is 16.1 Å². The Kier molecular flexibility index (Phi) is 2.29. The third-order valence-electron chi connectivity index (χ3n) is 3.04. The highest BCUT2D eigenvalue weighted by atomic mass is 16.5. The van der Waals surface area contributed by atoms with Crippen LogP contribution >= 0.6 is 0 Å². The van der Waals surface area contributed by atoms with Crippen LogP contribution in [0, 0.1) is 0 Å². The van der Waals surface area contributed by atoms with Crippen LogP contribution in [0.3, 0.4) is 0 Å². The van der Waals surface area contributed by atoms with Crippen LogP contribution < -0.4 is 4.90 Å². The molecule has 84 valence electrons. The standard InChI is InChI=1S/C12H13NO3/c14-12-11-2-1-10(7-9(11)8-16-12)13-3-5-15-6-4-13/h1-2,7H,3-6,8H2. The van der Waals surface area contributed by atoms with Gasteiger partial charge < -0.3 is 14.4 Å². The Morgan fingerprint density at radius 1 is 1.19 bits per heavy atom. The Morgan fingerprint density at radius 3 is 2.81 bits per heavy atom. The van der Waals surface area contributed by atoms with Gasteiger partial charge >= 0.3 is 5.97 Å². The van der Waals surface area contributed by atoms with Crippen molar-refractivity contribution in [1.82, 2.24) is 0 Å². The number of anilines is 1. The molecule has 0 aromatic heterocycles. The quantitative estimate of drug-likeness (QED) is 0.665. The zero-order valence-electron chi connectivity index (χ0n) is 8.94. The molecule has 2 aliphatic rings. The van der Waals surface area contributed by atoms with Crippen LogP contribution in [0.1, 0.15) is 15.9 Å². The van der Waals surface area contributed by atoms with Crippen molar-refractivity contribution in [3.8, 4) is 0 Å². The average molecular weight is 219 g/mol. The number of esters is 1. The van der Waals surface area contributed by atoms with Gasteiger partial charge in [-0.15, -0.1) is 0 Å². The molecule has 0 aliphatic carbocycles. The molecule has 1 fully saturated rings. The van der Waals surface area contributed by atoms with Crippen LogP contribution in [0.2, 0.25) is 0 Å². The molecule has 1 aromatic rings. The molecule has 16 heavy (non-hydrogen) atoms. The normalized spacial score (nSPS) is 19.5. The van der Waals surface area contributed by atoms with Gasteiger partial charge in [0, 0.05) is 24.3 Å². The molecule has 2 heterocycles. The van der Waals surface area contributed by atoms with Gasteiger partial charge in [0.2, 0.25) is 0 Å². The summed E-state index contributed by atoms with van der Waals surface area (Å²) in [6, 6.07) is 5.89. The summed E-state index contributed by atoms with van der Waals surface area (Å²) in [4.78, 5) is 13.6. The maximum atomic E-state index is 11.3. The van der Waals surface area contributed by atoms with E-state index in [-0.39, 0.29) is 5.97 Å². The van der Waals surface area contributed by atoms with Gasteiger partial charge in [0.1, 0.15) is 6.61 Å². The maximum Gasteiger partial charge on any atom is 0.338 e. The molecule has 0 spiro atoms. The molecular formula is C12H13NO3. The molecule has 4 heteroatoms. The van der Waals surface area contributed by atoms with Gasteiger partial charge in [0.25, 0.3) is 0 Å². The van der Waals surface area contributed by atoms with Crippen molar-refractivity contribution in [1.29, 1.82) is 0 Å². The maximum absolute atomic E-state index is 11.3. The number of carbonyl (C=O) groups is 1. The van der Waals surface area contributed by atoms with Crippen molar-refractivity contribution in [3.63, 3.8) is 0 Å². The summed E-state index contributed by atoms with van der Waals surface area (Å²) < 4.78 is 10.3. The fraction of sp³-hybridized carbons (Fsp3) is 0.417. The second-order valence-electron chi connectivity index (χ2n) is 4.02. The predicted octanol–water partition coefficient (Wildman–Crippen LogP) is 1.19. The number of benzene rings is 1. The Labute approximate surface area is 93.8 Å². The molecular weight excluding hydrogens is 206 g/mol. The van der Waals surface area contributed by atoms with Gasteiger partial charge in [-0.2, -0.15) is 0 Å². The first-order valence-electron chi connectivity index (χ1n) is 5.47. The van der Waals surface area contributed by atoms with Crippen LogP contribution in [0.25, 0.3) is 0 Å². The first-order valence-corrected chi connectivity index (χ1v) is 5.47. The number of nitrogens with zero attached hydrogens (tertiary/aromatic N) is 1. The van der Waals surface area contributed by atoms with Gasteiger partial charge in [-0.3, -0.25) is 0 Å².